The van der Waals surface area contributed by atoms with E-state index < -0.39 is 6.23 Å². The second kappa shape index (κ2) is 7.85. The van der Waals surface area contributed by atoms with Gasteiger partial charge in [-0.25, -0.2) is 5.01 Å². The number of carbonyl (C=O) groups is 1. The van der Waals surface area contributed by atoms with Crippen molar-refractivity contribution in [2.45, 2.75) is 25.6 Å². The van der Waals surface area contributed by atoms with E-state index in [1.54, 1.807) is 7.11 Å². The van der Waals surface area contributed by atoms with E-state index in [0.29, 0.717) is 12.0 Å². The van der Waals surface area contributed by atoms with Gasteiger partial charge < -0.3 is 9.47 Å². The highest BCUT2D eigenvalue weighted by molar-refractivity contribution is 9.10. The molecule has 0 amide bonds. The maximum absolute atomic E-state index is 13.4. The molecule has 0 saturated carbocycles. The van der Waals surface area contributed by atoms with Gasteiger partial charge >= 0.3 is 0 Å². The SMILES string of the molecule is COc1ccc(C2=NN3[C@@H](C(=O)c4ccc(C)cc4)Oc4ccc(Br)cc4[C@@H]3C2)cc1. The van der Waals surface area contributed by atoms with E-state index in [2.05, 4.69) is 15.9 Å². The normalized spacial score (nSPS) is 19.2. The summed E-state index contributed by atoms with van der Waals surface area (Å²) in [7, 11) is 1.65. The smallest absolute Gasteiger partial charge is 0.251 e. The summed E-state index contributed by atoms with van der Waals surface area (Å²) in [6.45, 7) is 2.00. The molecule has 3 aromatic carbocycles. The molecular formula is C25H21BrN2O3. The second-order valence-corrected chi connectivity index (χ2v) is 8.67. The standard InChI is InChI=1S/C25H21BrN2O3/c1-15-3-5-17(6-4-15)24(29)25-28-22(20-13-18(26)9-12-23(20)31-25)14-21(27-28)16-7-10-19(30-2)11-8-16/h3-13,22,25H,14H2,1-2H3/t22-,25+/m0/s1. The minimum Gasteiger partial charge on any atom is -0.497 e. The number of hydrogen-bond acceptors (Lipinski definition) is 5. The van der Waals surface area contributed by atoms with Gasteiger partial charge in [-0.1, -0.05) is 45.8 Å². The Balaban J connectivity index is 1.55. The van der Waals surface area contributed by atoms with Crippen LogP contribution in [0.15, 0.2) is 76.3 Å². The predicted octanol–water partition coefficient (Wildman–Crippen LogP) is 5.52. The first kappa shape index (κ1) is 19.8. The Labute approximate surface area is 189 Å². The van der Waals surface area contributed by atoms with E-state index in [9.17, 15) is 4.79 Å². The fourth-order valence-corrected chi connectivity index (χ4v) is 4.43. The van der Waals surface area contributed by atoms with Gasteiger partial charge in [0.05, 0.1) is 18.9 Å². The maximum Gasteiger partial charge on any atom is 0.251 e. The Morgan fingerprint density at radius 2 is 1.84 bits per heavy atom. The number of halogens is 1. The van der Waals surface area contributed by atoms with Gasteiger partial charge in [-0.15, -0.1) is 0 Å². The largest absolute Gasteiger partial charge is 0.497 e. The molecule has 0 aliphatic carbocycles. The number of hydrazone groups is 1. The lowest BCUT2D eigenvalue weighted by Crippen LogP contribution is -2.45. The third kappa shape index (κ3) is 3.61. The number of carbonyl (C=O) groups excluding carboxylic acids is 1. The summed E-state index contributed by atoms with van der Waals surface area (Å²) in [5.41, 5.74) is 4.67. The summed E-state index contributed by atoms with van der Waals surface area (Å²) in [5, 5.41) is 6.67. The van der Waals surface area contributed by atoms with Crippen molar-refractivity contribution in [2.24, 2.45) is 5.10 Å². The first-order valence-corrected chi connectivity index (χ1v) is 10.9. The zero-order valence-electron chi connectivity index (χ0n) is 17.2. The van der Waals surface area contributed by atoms with Gasteiger partial charge in [-0.2, -0.15) is 5.10 Å². The molecule has 0 fully saturated rings. The molecule has 0 saturated heterocycles. The monoisotopic (exact) mass is 476 g/mol. The molecule has 5 rings (SSSR count). The number of aryl methyl sites for hydroxylation is 1. The van der Waals surface area contributed by atoms with E-state index in [0.717, 1.165) is 38.4 Å². The van der Waals surface area contributed by atoms with Gasteiger partial charge in [0.2, 0.25) is 5.78 Å². The van der Waals surface area contributed by atoms with Crippen LogP contribution in [0.25, 0.3) is 0 Å². The van der Waals surface area contributed by atoms with Crippen molar-refractivity contribution in [2.75, 3.05) is 7.11 Å². The van der Waals surface area contributed by atoms with Crippen LogP contribution in [0.5, 0.6) is 11.5 Å². The van der Waals surface area contributed by atoms with Gasteiger partial charge in [-0.3, -0.25) is 4.79 Å². The van der Waals surface area contributed by atoms with E-state index in [-0.39, 0.29) is 11.8 Å². The number of rotatable bonds is 4. The van der Waals surface area contributed by atoms with Crippen molar-refractivity contribution >= 4 is 27.4 Å². The molecular weight excluding hydrogens is 456 g/mol. The summed E-state index contributed by atoms with van der Waals surface area (Å²) in [4.78, 5) is 13.4. The number of Topliss-reactive ketones (excluding diaryl/α,β-unsaturated/α-hetero) is 1. The topological polar surface area (TPSA) is 51.1 Å². The van der Waals surface area contributed by atoms with Crippen LogP contribution in [0.3, 0.4) is 0 Å². The van der Waals surface area contributed by atoms with Gasteiger partial charge in [0.1, 0.15) is 11.5 Å². The lowest BCUT2D eigenvalue weighted by atomic mass is 9.95. The molecule has 3 aromatic rings. The Morgan fingerprint density at radius 3 is 2.55 bits per heavy atom. The number of ketones is 1. The lowest BCUT2D eigenvalue weighted by molar-refractivity contribution is -0.00459. The second-order valence-electron chi connectivity index (χ2n) is 7.76. The van der Waals surface area contributed by atoms with Crippen molar-refractivity contribution in [3.63, 3.8) is 0 Å². The molecule has 0 spiro atoms. The Hall–Kier alpha value is -3.12. The van der Waals surface area contributed by atoms with Crippen LogP contribution in [0.1, 0.15) is 39.5 Å². The number of nitrogens with zero attached hydrogens (tertiary/aromatic N) is 2. The molecule has 0 aromatic heterocycles. The molecule has 0 N–H and O–H groups in total. The molecule has 5 nitrogen and oxygen atoms in total. The third-order valence-corrected chi connectivity index (χ3v) is 6.23. The fraction of sp³-hybridized carbons (Fsp3) is 0.200. The number of benzene rings is 3. The van der Waals surface area contributed by atoms with E-state index >= 15 is 0 Å². The minimum atomic E-state index is -0.808. The van der Waals surface area contributed by atoms with Gasteiger partial charge in [0, 0.05) is 22.0 Å². The summed E-state index contributed by atoms with van der Waals surface area (Å²) in [6.07, 6.45) is -0.117. The summed E-state index contributed by atoms with van der Waals surface area (Å²) >= 11 is 3.56. The number of methoxy groups -OCH3 is 1. The van der Waals surface area contributed by atoms with Crippen LogP contribution >= 0.6 is 15.9 Å². The summed E-state index contributed by atoms with van der Waals surface area (Å²) < 4.78 is 12.4. The van der Waals surface area contributed by atoms with Crippen molar-refractivity contribution in [1.82, 2.24) is 5.01 Å². The van der Waals surface area contributed by atoms with E-state index in [4.69, 9.17) is 14.6 Å². The Morgan fingerprint density at radius 1 is 1.10 bits per heavy atom. The molecule has 2 heterocycles. The average molecular weight is 477 g/mol. The lowest BCUT2D eigenvalue weighted by Gasteiger charge is -2.37. The molecule has 2 atom stereocenters. The average Bonchev–Trinajstić information content (AvgIpc) is 3.24. The number of hydrogen-bond donors (Lipinski definition) is 0. The third-order valence-electron chi connectivity index (χ3n) is 5.74. The van der Waals surface area contributed by atoms with Gasteiger partial charge in [0.25, 0.3) is 6.23 Å². The molecule has 156 valence electrons. The highest BCUT2D eigenvalue weighted by Crippen LogP contribution is 2.44. The fourth-order valence-electron chi connectivity index (χ4n) is 4.05. The van der Waals surface area contributed by atoms with Crippen molar-refractivity contribution in [1.29, 1.82) is 0 Å². The molecule has 2 aliphatic rings. The summed E-state index contributed by atoms with van der Waals surface area (Å²) in [6, 6.07) is 21.2. The van der Waals surface area contributed by atoms with Crippen molar-refractivity contribution in [3.05, 3.63) is 93.5 Å². The van der Waals surface area contributed by atoms with Gasteiger partial charge in [0.15, 0.2) is 0 Å². The molecule has 31 heavy (non-hydrogen) atoms. The number of fused-ring (bicyclic) bond motifs is 3. The zero-order valence-corrected chi connectivity index (χ0v) is 18.8. The molecule has 2 aliphatic heterocycles. The van der Waals surface area contributed by atoms with E-state index in [1.807, 2.05) is 78.7 Å². The van der Waals surface area contributed by atoms with Crippen LogP contribution in [0, 0.1) is 6.92 Å². The minimum absolute atomic E-state index is 0.0715. The van der Waals surface area contributed by atoms with Crippen LogP contribution in [-0.2, 0) is 0 Å². The van der Waals surface area contributed by atoms with Crippen LogP contribution in [0.2, 0.25) is 0 Å². The Kier molecular flexibility index (Phi) is 5.02. The van der Waals surface area contributed by atoms with Crippen LogP contribution in [0.4, 0.5) is 0 Å². The van der Waals surface area contributed by atoms with Crippen LogP contribution < -0.4 is 9.47 Å². The Bertz CT molecular complexity index is 1170. The first-order valence-electron chi connectivity index (χ1n) is 10.1. The quantitative estimate of drug-likeness (QED) is 0.465. The summed E-state index contributed by atoms with van der Waals surface area (Å²) in [5.74, 6) is 1.42. The van der Waals surface area contributed by atoms with Gasteiger partial charge in [-0.05, 0) is 55.0 Å². The molecule has 0 radical (unpaired) electrons. The molecule has 0 bridgehead atoms. The first-order chi connectivity index (χ1) is 15.0. The van der Waals surface area contributed by atoms with Crippen molar-refractivity contribution < 1.29 is 14.3 Å². The predicted molar refractivity (Wildman–Crippen MR) is 123 cm³/mol. The van der Waals surface area contributed by atoms with Crippen LogP contribution in [-0.4, -0.2) is 29.8 Å². The highest BCUT2D eigenvalue weighted by atomic mass is 79.9. The van der Waals surface area contributed by atoms with E-state index in [1.165, 1.54) is 0 Å². The molecule has 0 unspecified atom stereocenters. The highest BCUT2D eigenvalue weighted by Gasteiger charge is 2.43. The van der Waals surface area contributed by atoms with Crippen molar-refractivity contribution in [3.8, 4) is 11.5 Å². The zero-order chi connectivity index (χ0) is 21.5. The molecule has 6 heteroatoms. The maximum atomic E-state index is 13.4. The number of ether oxygens (including phenoxy) is 2.